The summed E-state index contributed by atoms with van der Waals surface area (Å²) < 4.78 is 5.31. The van der Waals surface area contributed by atoms with E-state index >= 15 is 0 Å². The fourth-order valence-corrected chi connectivity index (χ4v) is 3.30. The molecular weight excluding hydrogens is 282 g/mol. The van der Waals surface area contributed by atoms with Crippen LogP contribution < -0.4 is 10.1 Å². The van der Waals surface area contributed by atoms with Crippen LogP contribution in [0.4, 0.5) is 0 Å². The van der Waals surface area contributed by atoms with Crippen molar-refractivity contribution in [3.05, 3.63) is 22.9 Å². The lowest BCUT2D eigenvalue weighted by Crippen LogP contribution is -2.33. The molecule has 1 aromatic rings. The molecule has 3 rings (SSSR count). The molecule has 2 amide bonds. The van der Waals surface area contributed by atoms with Crippen molar-refractivity contribution in [3.8, 4) is 5.88 Å². The lowest BCUT2D eigenvalue weighted by Gasteiger charge is -2.22. The summed E-state index contributed by atoms with van der Waals surface area (Å²) in [5.41, 5.74) is 2.16. The van der Waals surface area contributed by atoms with Crippen LogP contribution in [-0.4, -0.2) is 34.8 Å². The molecule has 1 fully saturated rings. The Labute approximate surface area is 129 Å². The van der Waals surface area contributed by atoms with Crippen LogP contribution in [0.3, 0.4) is 0 Å². The number of aromatic nitrogens is 1. The predicted octanol–water partition coefficient (Wildman–Crippen LogP) is 1.62. The van der Waals surface area contributed by atoms with Gasteiger partial charge in [-0.25, -0.2) is 4.98 Å². The number of hydrogen-bond donors (Lipinski definition) is 1. The average Bonchev–Trinajstić information content (AvgIpc) is 3.12. The number of fused-ring (bicyclic) bond motifs is 1. The van der Waals surface area contributed by atoms with Crippen LogP contribution in [0.15, 0.2) is 6.07 Å². The van der Waals surface area contributed by atoms with Crippen molar-refractivity contribution in [2.75, 3.05) is 7.11 Å². The van der Waals surface area contributed by atoms with E-state index in [9.17, 15) is 9.59 Å². The van der Waals surface area contributed by atoms with Crippen molar-refractivity contribution in [1.82, 2.24) is 15.2 Å². The van der Waals surface area contributed by atoms with Crippen molar-refractivity contribution in [2.45, 2.75) is 51.7 Å². The van der Waals surface area contributed by atoms with Gasteiger partial charge in [0.05, 0.1) is 24.9 Å². The van der Waals surface area contributed by atoms with Gasteiger partial charge in [0.15, 0.2) is 0 Å². The number of rotatable bonds is 4. The van der Waals surface area contributed by atoms with Crippen LogP contribution in [0.2, 0.25) is 0 Å². The third-order valence-electron chi connectivity index (χ3n) is 4.44. The normalized spacial score (nSPS) is 17.7. The molecule has 118 valence electrons. The quantitative estimate of drug-likeness (QED) is 0.917. The summed E-state index contributed by atoms with van der Waals surface area (Å²) in [6.07, 6.45) is 4.54. The van der Waals surface area contributed by atoms with Crippen LogP contribution in [-0.2, 0) is 17.9 Å². The first-order valence-corrected chi connectivity index (χ1v) is 7.72. The lowest BCUT2D eigenvalue weighted by atomic mass is 10.1. The van der Waals surface area contributed by atoms with Crippen LogP contribution in [0.1, 0.15) is 54.2 Å². The molecule has 1 aromatic heterocycles. The zero-order chi connectivity index (χ0) is 15.7. The maximum absolute atomic E-state index is 12.6. The number of pyridine rings is 1. The number of ether oxygens (including phenoxy) is 1. The molecule has 0 spiro atoms. The molecule has 1 saturated carbocycles. The molecule has 0 radical (unpaired) electrons. The highest BCUT2D eigenvalue weighted by Gasteiger charge is 2.35. The van der Waals surface area contributed by atoms with Crippen molar-refractivity contribution < 1.29 is 14.3 Å². The largest absolute Gasteiger partial charge is 0.481 e. The van der Waals surface area contributed by atoms with E-state index in [1.807, 2.05) is 11.0 Å². The number of methoxy groups -OCH3 is 1. The molecule has 2 aliphatic rings. The van der Waals surface area contributed by atoms with E-state index in [1.54, 1.807) is 7.11 Å². The van der Waals surface area contributed by atoms with Crippen LogP contribution >= 0.6 is 0 Å². The molecule has 0 bridgehead atoms. The van der Waals surface area contributed by atoms with E-state index in [2.05, 4.69) is 10.3 Å². The average molecular weight is 303 g/mol. The Morgan fingerprint density at radius 1 is 1.45 bits per heavy atom. The van der Waals surface area contributed by atoms with E-state index in [1.165, 1.54) is 19.8 Å². The molecule has 0 saturated heterocycles. The van der Waals surface area contributed by atoms with Crippen molar-refractivity contribution in [2.24, 2.45) is 0 Å². The van der Waals surface area contributed by atoms with Gasteiger partial charge in [0.1, 0.15) is 0 Å². The topological polar surface area (TPSA) is 71.5 Å². The van der Waals surface area contributed by atoms with Gasteiger partial charge in [-0.1, -0.05) is 12.8 Å². The maximum Gasteiger partial charge on any atom is 0.256 e. The SMILES string of the molecule is COc1nc2c(cc1CNC(C)=O)C(=O)N(C1CCCC1)C2. The fraction of sp³-hybridized carbons (Fsp3) is 0.562. The van der Waals surface area contributed by atoms with E-state index in [0.717, 1.165) is 24.1 Å². The summed E-state index contributed by atoms with van der Waals surface area (Å²) in [6, 6.07) is 2.15. The Bertz CT molecular complexity index is 609. The van der Waals surface area contributed by atoms with Crippen molar-refractivity contribution in [3.63, 3.8) is 0 Å². The number of amides is 2. The van der Waals surface area contributed by atoms with Gasteiger partial charge in [-0.15, -0.1) is 0 Å². The fourth-order valence-electron chi connectivity index (χ4n) is 3.30. The predicted molar refractivity (Wildman–Crippen MR) is 80.4 cm³/mol. The molecule has 2 heterocycles. The van der Waals surface area contributed by atoms with Crippen molar-refractivity contribution in [1.29, 1.82) is 0 Å². The number of nitrogens with one attached hydrogen (secondary N) is 1. The molecule has 1 aliphatic heterocycles. The van der Waals surface area contributed by atoms with Gasteiger partial charge in [-0.3, -0.25) is 9.59 Å². The third-order valence-corrected chi connectivity index (χ3v) is 4.44. The molecule has 6 nitrogen and oxygen atoms in total. The van der Waals surface area contributed by atoms with Crippen LogP contribution in [0.5, 0.6) is 5.88 Å². The van der Waals surface area contributed by atoms with Gasteiger partial charge in [-0.05, 0) is 18.9 Å². The van der Waals surface area contributed by atoms with Gasteiger partial charge in [0.2, 0.25) is 11.8 Å². The lowest BCUT2D eigenvalue weighted by molar-refractivity contribution is -0.119. The van der Waals surface area contributed by atoms with E-state index in [0.29, 0.717) is 30.6 Å². The summed E-state index contributed by atoms with van der Waals surface area (Å²) in [6.45, 7) is 2.34. The van der Waals surface area contributed by atoms with Gasteiger partial charge in [0.25, 0.3) is 5.91 Å². The Morgan fingerprint density at radius 2 is 2.18 bits per heavy atom. The zero-order valence-corrected chi connectivity index (χ0v) is 13.0. The Morgan fingerprint density at radius 3 is 2.82 bits per heavy atom. The molecule has 22 heavy (non-hydrogen) atoms. The highest BCUT2D eigenvalue weighted by molar-refractivity contribution is 5.98. The van der Waals surface area contributed by atoms with Gasteiger partial charge >= 0.3 is 0 Å². The summed E-state index contributed by atoms with van der Waals surface area (Å²) in [4.78, 5) is 30.1. The second-order valence-corrected chi connectivity index (χ2v) is 5.93. The summed E-state index contributed by atoms with van der Waals surface area (Å²) in [5.74, 6) is 0.413. The monoisotopic (exact) mass is 303 g/mol. The summed E-state index contributed by atoms with van der Waals surface area (Å²) >= 11 is 0. The minimum Gasteiger partial charge on any atom is -0.481 e. The first kappa shape index (κ1) is 14.8. The number of carbonyl (C=O) groups excluding carboxylic acids is 2. The molecule has 0 aromatic carbocycles. The number of carbonyl (C=O) groups is 2. The van der Waals surface area contributed by atoms with E-state index in [-0.39, 0.29) is 11.8 Å². The minimum atomic E-state index is -0.124. The highest BCUT2D eigenvalue weighted by Crippen LogP contribution is 2.33. The van der Waals surface area contributed by atoms with Gasteiger partial charge < -0.3 is 15.0 Å². The number of hydrogen-bond acceptors (Lipinski definition) is 4. The molecular formula is C16H21N3O3. The maximum atomic E-state index is 12.6. The zero-order valence-electron chi connectivity index (χ0n) is 13.0. The van der Waals surface area contributed by atoms with Crippen LogP contribution in [0, 0.1) is 0 Å². The second kappa shape index (κ2) is 5.94. The highest BCUT2D eigenvalue weighted by atomic mass is 16.5. The Hall–Kier alpha value is -2.11. The smallest absolute Gasteiger partial charge is 0.256 e. The summed E-state index contributed by atoms with van der Waals surface area (Å²) in [7, 11) is 1.55. The van der Waals surface area contributed by atoms with E-state index < -0.39 is 0 Å². The van der Waals surface area contributed by atoms with Crippen molar-refractivity contribution >= 4 is 11.8 Å². The Kier molecular flexibility index (Phi) is 4.00. The van der Waals surface area contributed by atoms with Gasteiger partial charge in [0, 0.05) is 25.1 Å². The molecule has 1 N–H and O–H groups in total. The first-order chi connectivity index (χ1) is 10.6. The number of nitrogens with zero attached hydrogens (tertiary/aromatic N) is 2. The first-order valence-electron chi connectivity index (χ1n) is 7.72. The molecule has 6 heteroatoms. The molecule has 0 atom stereocenters. The van der Waals surface area contributed by atoms with Crippen LogP contribution in [0.25, 0.3) is 0 Å². The third kappa shape index (κ3) is 2.65. The second-order valence-electron chi connectivity index (χ2n) is 5.93. The van der Waals surface area contributed by atoms with E-state index in [4.69, 9.17) is 4.74 Å². The molecule has 1 aliphatic carbocycles. The standard InChI is InChI=1S/C16H21N3O3/c1-10(20)17-8-11-7-13-14(18-15(11)22-2)9-19(16(13)21)12-5-3-4-6-12/h7,12H,3-6,8-9H2,1-2H3,(H,17,20). The summed E-state index contributed by atoms with van der Waals surface area (Å²) in [5, 5.41) is 2.73. The Balaban J connectivity index is 1.87. The molecule has 0 unspecified atom stereocenters. The minimum absolute atomic E-state index is 0.0566. The van der Waals surface area contributed by atoms with Gasteiger partial charge in [-0.2, -0.15) is 0 Å².